The summed E-state index contributed by atoms with van der Waals surface area (Å²) in [5, 5.41) is 3.30. The van der Waals surface area contributed by atoms with Crippen molar-refractivity contribution < 1.29 is 19.1 Å². The van der Waals surface area contributed by atoms with Crippen LogP contribution in [0.5, 0.6) is 0 Å². The van der Waals surface area contributed by atoms with Gasteiger partial charge in [-0.2, -0.15) is 0 Å². The SMILES string of the molecule is COC(=O)C1=NC(CNCC2=CC(=O)CC(OC)C2)CC=C1. The van der Waals surface area contributed by atoms with Crippen LogP contribution in [0.15, 0.2) is 28.8 Å². The summed E-state index contributed by atoms with van der Waals surface area (Å²) in [4.78, 5) is 27.4. The molecule has 0 amide bonds. The van der Waals surface area contributed by atoms with Crippen molar-refractivity contribution in [2.75, 3.05) is 27.3 Å². The Bertz CT molecular complexity index is 522. The van der Waals surface area contributed by atoms with E-state index in [9.17, 15) is 9.59 Å². The number of nitrogens with one attached hydrogen (secondary N) is 1. The minimum Gasteiger partial charge on any atom is -0.464 e. The molecule has 2 atom stereocenters. The van der Waals surface area contributed by atoms with Crippen molar-refractivity contribution in [2.45, 2.75) is 31.4 Å². The number of ether oxygens (including phenoxy) is 2. The fourth-order valence-electron chi connectivity index (χ4n) is 2.61. The molecule has 120 valence electrons. The monoisotopic (exact) mass is 306 g/mol. The number of dihydropyridines is 1. The topological polar surface area (TPSA) is 77.0 Å². The van der Waals surface area contributed by atoms with E-state index < -0.39 is 5.97 Å². The first-order valence-electron chi connectivity index (χ1n) is 7.40. The Balaban J connectivity index is 1.81. The molecular formula is C16H22N2O4. The zero-order valence-electron chi connectivity index (χ0n) is 13.0. The summed E-state index contributed by atoms with van der Waals surface area (Å²) < 4.78 is 9.94. The summed E-state index contributed by atoms with van der Waals surface area (Å²) in [7, 11) is 2.98. The number of carbonyl (C=O) groups is 2. The Morgan fingerprint density at radius 1 is 1.41 bits per heavy atom. The Labute approximate surface area is 130 Å². The number of hydrogen-bond donors (Lipinski definition) is 1. The van der Waals surface area contributed by atoms with Gasteiger partial charge >= 0.3 is 5.97 Å². The third-order valence-corrected chi connectivity index (χ3v) is 3.75. The average Bonchev–Trinajstić information content (AvgIpc) is 2.53. The second kappa shape index (κ2) is 8.00. The van der Waals surface area contributed by atoms with Gasteiger partial charge in [0.15, 0.2) is 5.78 Å². The molecule has 2 unspecified atom stereocenters. The van der Waals surface area contributed by atoms with Gasteiger partial charge in [-0.3, -0.25) is 9.79 Å². The van der Waals surface area contributed by atoms with E-state index in [1.807, 2.05) is 6.08 Å². The van der Waals surface area contributed by atoms with Crippen LogP contribution < -0.4 is 5.32 Å². The van der Waals surface area contributed by atoms with E-state index in [0.29, 0.717) is 25.2 Å². The van der Waals surface area contributed by atoms with Gasteiger partial charge in [-0.15, -0.1) is 0 Å². The molecule has 0 bridgehead atoms. The van der Waals surface area contributed by atoms with E-state index in [4.69, 9.17) is 4.74 Å². The van der Waals surface area contributed by atoms with Gasteiger partial charge < -0.3 is 14.8 Å². The molecule has 0 aromatic carbocycles. The summed E-state index contributed by atoms with van der Waals surface area (Å²) in [5.74, 6) is -0.300. The first-order chi connectivity index (χ1) is 10.6. The number of nitrogens with zero attached hydrogens (tertiary/aromatic N) is 1. The van der Waals surface area contributed by atoms with Crippen molar-refractivity contribution in [2.24, 2.45) is 4.99 Å². The molecule has 2 aliphatic rings. The molecule has 22 heavy (non-hydrogen) atoms. The zero-order chi connectivity index (χ0) is 15.9. The lowest BCUT2D eigenvalue weighted by Crippen LogP contribution is -2.32. The first kappa shape index (κ1) is 16.6. The second-order valence-corrected chi connectivity index (χ2v) is 5.46. The lowest BCUT2D eigenvalue weighted by molar-refractivity contribution is -0.132. The number of carbonyl (C=O) groups excluding carboxylic acids is 2. The molecule has 0 radical (unpaired) electrons. The van der Waals surface area contributed by atoms with E-state index in [0.717, 1.165) is 18.4 Å². The van der Waals surface area contributed by atoms with E-state index in [1.54, 1.807) is 19.3 Å². The minimum atomic E-state index is -0.413. The third-order valence-electron chi connectivity index (χ3n) is 3.75. The maximum Gasteiger partial charge on any atom is 0.356 e. The molecule has 0 fully saturated rings. The molecule has 0 aromatic heterocycles. The first-order valence-corrected chi connectivity index (χ1v) is 7.40. The molecule has 1 aliphatic heterocycles. The van der Waals surface area contributed by atoms with Crippen LogP contribution in [0.3, 0.4) is 0 Å². The highest BCUT2D eigenvalue weighted by Crippen LogP contribution is 2.17. The van der Waals surface area contributed by atoms with Crippen LogP contribution in [0.2, 0.25) is 0 Å². The predicted octanol–water partition coefficient (Wildman–Crippen LogP) is 0.823. The van der Waals surface area contributed by atoms with Crippen LogP contribution in [0, 0.1) is 0 Å². The summed E-state index contributed by atoms with van der Waals surface area (Å²) in [6.07, 6.45) is 7.31. The molecular weight excluding hydrogens is 284 g/mol. The van der Waals surface area contributed by atoms with Crippen molar-refractivity contribution >= 4 is 17.5 Å². The van der Waals surface area contributed by atoms with Crippen molar-refractivity contribution in [3.8, 4) is 0 Å². The summed E-state index contributed by atoms with van der Waals surface area (Å²) >= 11 is 0. The quantitative estimate of drug-likeness (QED) is 0.735. The molecule has 1 aliphatic carbocycles. The summed E-state index contributed by atoms with van der Waals surface area (Å²) in [6.45, 7) is 1.28. The Morgan fingerprint density at radius 2 is 2.23 bits per heavy atom. The van der Waals surface area contributed by atoms with E-state index >= 15 is 0 Å². The lowest BCUT2D eigenvalue weighted by atomic mass is 9.95. The number of esters is 1. The number of allylic oxidation sites excluding steroid dienone is 1. The molecule has 0 spiro atoms. The maximum atomic E-state index is 11.6. The Hall–Kier alpha value is -1.79. The molecule has 0 saturated carbocycles. The molecule has 1 N–H and O–H groups in total. The molecule has 0 saturated heterocycles. The van der Waals surface area contributed by atoms with Crippen molar-refractivity contribution in [1.82, 2.24) is 5.32 Å². The number of aliphatic imine (C=N–C) groups is 1. The minimum absolute atomic E-state index is 0.0113. The number of ketones is 1. The largest absolute Gasteiger partial charge is 0.464 e. The van der Waals surface area contributed by atoms with Gasteiger partial charge in [-0.05, 0) is 25.0 Å². The average molecular weight is 306 g/mol. The highest BCUT2D eigenvalue weighted by molar-refractivity contribution is 6.41. The lowest BCUT2D eigenvalue weighted by Gasteiger charge is -2.22. The fourth-order valence-corrected chi connectivity index (χ4v) is 2.61. The fraction of sp³-hybridized carbons (Fsp3) is 0.562. The van der Waals surface area contributed by atoms with Crippen molar-refractivity contribution in [3.63, 3.8) is 0 Å². The second-order valence-electron chi connectivity index (χ2n) is 5.46. The molecule has 6 nitrogen and oxygen atoms in total. The highest BCUT2D eigenvalue weighted by Gasteiger charge is 2.20. The summed E-state index contributed by atoms with van der Waals surface area (Å²) in [5.41, 5.74) is 1.40. The van der Waals surface area contributed by atoms with Crippen LogP contribution in [0.1, 0.15) is 19.3 Å². The van der Waals surface area contributed by atoms with Crippen LogP contribution in [-0.2, 0) is 19.1 Å². The van der Waals surface area contributed by atoms with Crippen LogP contribution in [0.25, 0.3) is 0 Å². The normalized spacial score (nSPS) is 24.7. The van der Waals surface area contributed by atoms with E-state index in [-0.39, 0.29) is 17.9 Å². The van der Waals surface area contributed by atoms with Gasteiger partial charge in [0.2, 0.25) is 0 Å². The van der Waals surface area contributed by atoms with Crippen LogP contribution >= 0.6 is 0 Å². The molecule has 0 aromatic rings. The van der Waals surface area contributed by atoms with Crippen molar-refractivity contribution in [3.05, 3.63) is 23.8 Å². The Kier molecular flexibility index (Phi) is 6.03. The van der Waals surface area contributed by atoms with E-state index in [2.05, 4.69) is 15.0 Å². The predicted molar refractivity (Wildman–Crippen MR) is 83.0 cm³/mol. The van der Waals surface area contributed by atoms with Gasteiger partial charge in [-0.1, -0.05) is 11.6 Å². The van der Waals surface area contributed by atoms with Gasteiger partial charge in [0.1, 0.15) is 5.71 Å². The van der Waals surface area contributed by atoms with Gasteiger partial charge in [0.25, 0.3) is 0 Å². The number of hydrogen-bond acceptors (Lipinski definition) is 6. The zero-order valence-corrected chi connectivity index (χ0v) is 13.0. The van der Waals surface area contributed by atoms with Crippen LogP contribution in [0.4, 0.5) is 0 Å². The smallest absolute Gasteiger partial charge is 0.356 e. The highest BCUT2D eigenvalue weighted by atomic mass is 16.5. The molecule has 2 rings (SSSR count). The van der Waals surface area contributed by atoms with E-state index in [1.165, 1.54) is 7.11 Å². The third kappa shape index (κ3) is 4.61. The summed E-state index contributed by atoms with van der Waals surface area (Å²) in [6, 6.07) is 0.0113. The standard InChI is InChI=1S/C16H22N2O4/c1-21-14-7-11(6-13(19)8-14)9-17-10-12-4-3-5-15(18-12)16(20)22-2/h3,5-6,12,14,17H,4,7-10H2,1-2H3. The Morgan fingerprint density at radius 3 is 2.95 bits per heavy atom. The van der Waals surface area contributed by atoms with Gasteiger partial charge in [0.05, 0.1) is 19.3 Å². The van der Waals surface area contributed by atoms with Gasteiger partial charge in [0, 0.05) is 26.6 Å². The van der Waals surface area contributed by atoms with Crippen molar-refractivity contribution in [1.29, 1.82) is 0 Å². The number of methoxy groups -OCH3 is 2. The molecule has 6 heteroatoms. The number of rotatable bonds is 6. The van der Waals surface area contributed by atoms with Gasteiger partial charge in [-0.25, -0.2) is 4.79 Å². The van der Waals surface area contributed by atoms with Crippen LogP contribution in [-0.4, -0.2) is 56.9 Å². The maximum absolute atomic E-state index is 11.6. The molecule has 1 heterocycles.